The van der Waals surface area contributed by atoms with Gasteiger partial charge >= 0.3 is 0 Å². The maximum atomic E-state index is 12.2. The number of rotatable bonds is 4. The van der Waals surface area contributed by atoms with Gasteiger partial charge in [-0.3, -0.25) is 4.79 Å². The Kier molecular flexibility index (Phi) is 4.85. The molecule has 2 aromatic rings. The van der Waals surface area contributed by atoms with Crippen molar-refractivity contribution < 1.29 is 9.53 Å². The van der Waals surface area contributed by atoms with Crippen molar-refractivity contribution in [2.45, 2.75) is 13.0 Å². The zero-order chi connectivity index (χ0) is 15.4. The van der Waals surface area contributed by atoms with Gasteiger partial charge in [-0.25, -0.2) is 0 Å². The first-order valence-corrected chi connectivity index (χ1v) is 7.30. The van der Waals surface area contributed by atoms with Crippen LogP contribution in [0.25, 0.3) is 0 Å². The average molecular weight is 349 g/mol. The molecule has 0 spiro atoms. The summed E-state index contributed by atoms with van der Waals surface area (Å²) in [4.78, 5) is 12.2. The molecule has 5 heteroatoms. The third kappa shape index (κ3) is 3.76. The van der Waals surface area contributed by atoms with E-state index in [9.17, 15) is 4.79 Å². The number of hydrogen-bond donors (Lipinski definition) is 2. The largest absolute Gasteiger partial charge is 0.496 e. The number of benzene rings is 2. The molecule has 1 unspecified atom stereocenters. The highest BCUT2D eigenvalue weighted by molar-refractivity contribution is 9.10. The van der Waals surface area contributed by atoms with Crippen LogP contribution in [0, 0.1) is 0 Å². The van der Waals surface area contributed by atoms with Gasteiger partial charge in [0.2, 0.25) is 0 Å². The lowest BCUT2D eigenvalue weighted by Crippen LogP contribution is -2.26. The minimum atomic E-state index is -0.136. The Hall–Kier alpha value is -2.01. The standard InChI is InChI=1S/C16H17BrN2O2/c1-10(11-3-6-13(18)7-4-11)19-16(20)12-5-8-15(21-2)14(17)9-12/h3-10H,18H2,1-2H3,(H,19,20). The highest BCUT2D eigenvalue weighted by atomic mass is 79.9. The van der Waals surface area contributed by atoms with Crippen LogP contribution >= 0.6 is 15.9 Å². The highest BCUT2D eigenvalue weighted by Crippen LogP contribution is 2.25. The van der Waals surface area contributed by atoms with Crippen molar-refractivity contribution in [3.8, 4) is 5.75 Å². The van der Waals surface area contributed by atoms with Gasteiger partial charge in [0.05, 0.1) is 17.6 Å². The van der Waals surface area contributed by atoms with Gasteiger partial charge < -0.3 is 15.8 Å². The molecule has 0 aliphatic carbocycles. The van der Waals surface area contributed by atoms with E-state index < -0.39 is 0 Å². The van der Waals surface area contributed by atoms with Crippen molar-refractivity contribution in [1.29, 1.82) is 0 Å². The first kappa shape index (κ1) is 15.4. The fourth-order valence-corrected chi connectivity index (χ4v) is 2.50. The molecule has 0 bridgehead atoms. The predicted octanol–water partition coefficient (Wildman–Crippen LogP) is 3.53. The van der Waals surface area contributed by atoms with Gasteiger partial charge in [0.1, 0.15) is 5.75 Å². The molecular weight excluding hydrogens is 332 g/mol. The fourth-order valence-electron chi connectivity index (χ4n) is 1.96. The molecule has 0 saturated carbocycles. The summed E-state index contributed by atoms with van der Waals surface area (Å²) in [5.74, 6) is 0.556. The molecule has 1 amide bonds. The number of nitrogen functional groups attached to an aromatic ring is 1. The molecule has 2 aromatic carbocycles. The summed E-state index contributed by atoms with van der Waals surface area (Å²) < 4.78 is 5.90. The molecule has 0 aliphatic rings. The number of methoxy groups -OCH3 is 1. The summed E-state index contributed by atoms with van der Waals surface area (Å²) in [6, 6.07) is 12.6. The maximum absolute atomic E-state index is 12.2. The second-order valence-electron chi connectivity index (χ2n) is 4.71. The first-order chi connectivity index (χ1) is 10.0. The van der Waals surface area contributed by atoms with Crippen molar-refractivity contribution in [2.75, 3.05) is 12.8 Å². The Morgan fingerprint density at radius 2 is 1.90 bits per heavy atom. The Bertz CT molecular complexity index is 641. The van der Waals surface area contributed by atoms with Gasteiger partial charge in [-0.2, -0.15) is 0 Å². The Labute approximate surface area is 132 Å². The number of halogens is 1. The molecule has 0 saturated heterocycles. The van der Waals surface area contributed by atoms with Gasteiger partial charge in [0.15, 0.2) is 0 Å². The highest BCUT2D eigenvalue weighted by Gasteiger charge is 2.13. The summed E-state index contributed by atoms with van der Waals surface area (Å²) >= 11 is 3.38. The molecule has 0 heterocycles. The van der Waals surface area contributed by atoms with Crippen molar-refractivity contribution in [2.24, 2.45) is 0 Å². The number of carbonyl (C=O) groups excluding carboxylic acids is 1. The number of ether oxygens (including phenoxy) is 1. The van der Waals surface area contributed by atoms with E-state index in [1.807, 2.05) is 31.2 Å². The third-order valence-electron chi connectivity index (χ3n) is 3.20. The number of carbonyl (C=O) groups is 1. The van der Waals surface area contributed by atoms with Crippen molar-refractivity contribution in [3.05, 3.63) is 58.1 Å². The molecule has 4 nitrogen and oxygen atoms in total. The van der Waals surface area contributed by atoms with E-state index in [1.165, 1.54) is 0 Å². The number of anilines is 1. The van der Waals surface area contributed by atoms with E-state index in [-0.39, 0.29) is 11.9 Å². The lowest BCUT2D eigenvalue weighted by atomic mass is 10.1. The summed E-state index contributed by atoms with van der Waals surface area (Å²) in [6.07, 6.45) is 0. The number of amides is 1. The van der Waals surface area contributed by atoms with E-state index in [2.05, 4.69) is 21.2 Å². The van der Waals surface area contributed by atoms with Gasteiger partial charge in [-0.05, 0) is 58.7 Å². The van der Waals surface area contributed by atoms with Crippen LogP contribution in [-0.2, 0) is 0 Å². The zero-order valence-electron chi connectivity index (χ0n) is 11.9. The lowest BCUT2D eigenvalue weighted by Gasteiger charge is -2.15. The van der Waals surface area contributed by atoms with Crippen molar-refractivity contribution in [3.63, 3.8) is 0 Å². The van der Waals surface area contributed by atoms with Crippen LogP contribution in [0.2, 0.25) is 0 Å². The zero-order valence-corrected chi connectivity index (χ0v) is 13.5. The van der Waals surface area contributed by atoms with Gasteiger partial charge in [-0.1, -0.05) is 12.1 Å². The summed E-state index contributed by atoms with van der Waals surface area (Å²) in [5, 5.41) is 2.96. The van der Waals surface area contributed by atoms with Crippen LogP contribution in [0.15, 0.2) is 46.9 Å². The molecule has 3 N–H and O–H groups in total. The second-order valence-corrected chi connectivity index (χ2v) is 5.57. The van der Waals surface area contributed by atoms with Gasteiger partial charge in [0, 0.05) is 11.3 Å². The molecule has 110 valence electrons. The van der Waals surface area contributed by atoms with Gasteiger partial charge in [-0.15, -0.1) is 0 Å². The molecule has 21 heavy (non-hydrogen) atoms. The lowest BCUT2D eigenvalue weighted by molar-refractivity contribution is 0.0940. The van der Waals surface area contributed by atoms with Crippen LogP contribution in [0.1, 0.15) is 28.9 Å². The molecular formula is C16H17BrN2O2. The predicted molar refractivity (Wildman–Crippen MR) is 87.4 cm³/mol. The van der Waals surface area contributed by atoms with Crippen molar-refractivity contribution >= 4 is 27.5 Å². The normalized spacial score (nSPS) is 11.8. The molecule has 2 rings (SSSR count). The maximum Gasteiger partial charge on any atom is 0.251 e. The van der Waals surface area contributed by atoms with E-state index in [1.54, 1.807) is 25.3 Å². The molecule has 0 radical (unpaired) electrons. The van der Waals surface area contributed by atoms with Crippen LogP contribution in [-0.4, -0.2) is 13.0 Å². The summed E-state index contributed by atoms with van der Waals surface area (Å²) in [7, 11) is 1.59. The third-order valence-corrected chi connectivity index (χ3v) is 3.82. The van der Waals surface area contributed by atoms with Crippen LogP contribution in [0.3, 0.4) is 0 Å². The smallest absolute Gasteiger partial charge is 0.251 e. The van der Waals surface area contributed by atoms with Gasteiger partial charge in [0.25, 0.3) is 5.91 Å². The summed E-state index contributed by atoms with van der Waals surface area (Å²) in [6.45, 7) is 1.93. The molecule has 0 aliphatic heterocycles. The Morgan fingerprint density at radius 3 is 2.48 bits per heavy atom. The molecule has 0 fully saturated rings. The minimum Gasteiger partial charge on any atom is -0.496 e. The first-order valence-electron chi connectivity index (χ1n) is 6.51. The fraction of sp³-hybridized carbons (Fsp3) is 0.188. The van der Waals surface area contributed by atoms with Crippen LogP contribution < -0.4 is 15.8 Å². The number of hydrogen-bond acceptors (Lipinski definition) is 3. The SMILES string of the molecule is COc1ccc(C(=O)NC(C)c2ccc(N)cc2)cc1Br. The number of nitrogens with two attached hydrogens (primary N) is 1. The summed E-state index contributed by atoms with van der Waals surface area (Å²) in [5.41, 5.74) is 7.94. The number of nitrogens with one attached hydrogen (secondary N) is 1. The van der Waals surface area contributed by atoms with E-state index in [0.29, 0.717) is 17.0 Å². The van der Waals surface area contributed by atoms with Crippen molar-refractivity contribution in [1.82, 2.24) is 5.32 Å². The van der Waals surface area contributed by atoms with E-state index in [4.69, 9.17) is 10.5 Å². The molecule has 1 atom stereocenters. The second kappa shape index (κ2) is 6.63. The van der Waals surface area contributed by atoms with Crippen LogP contribution in [0.4, 0.5) is 5.69 Å². The Balaban J connectivity index is 2.10. The monoisotopic (exact) mass is 348 g/mol. The average Bonchev–Trinajstić information content (AvgIpc) is 2.47. The topological polar surface area (TPSA) is 64.3 Å². The Morgan fingerprint density at radius 1 is 1.24 bits per heavy atom. The molecule has 0 aromatic heterocycles. The quantitative estimate of drug-likeness (QED) is 0.830. The van der Waals surface area contributed by atoms with E-state index >= 15 is 0 Å². The van der Waals surface area contributed by atoms with E-state index in [0.717, 1.165) is 10.0 Å². The van der Waals surface area contributed by atoms with Crippen LogP contribution in [0.5, 0.6) is 5.75 Å². The minimum absolute atomic E-state index is 0.0982.